The number of nitrogens with zero attached hydrogens (tertiary/aromatic N) is 4. The number of ether oxygens (including phenoxy) is 1. The fourth-order valence-electron chi connectivity index (χ4n) is 3.20. The molecular formula is C23H28N6O4S. The van der Waals surface area contributed by atoms with Gasteiger partial charge in [-0.05, 0) is 58.0 Å². The third-order valence-corrected chi connectivity index (χ3v) is 6.05. The van der Waals surface area contributed by atoms with Crippen LogP contribution in [-0.2, 0) is 10.0 Å². The second kappa shape index (κ2) is 10.5. The van der Waals surface area contributed by atoms with Crippen LogP contribution in [0.15, 0.2) is 53.7 Å². The summed E-state index contributed by atoms with van der Waals surface area (Å²) >= 11 is 0. The molecule has 0 saturated carbocycles. The second-order valence-electron chi connectivity index (χ2n) is 7.63. The topological polar surface area (TPSA) is 140 Å². The van der Waals surface area contributed by atoms with Crippen LogP contribution in [-0.4, -0.2) is 48.5 Å². The largest absolute Gasteiger partial charge is 0.475 e. The maximum absolute atomic E-state index is 13.0. The summed E-state index contributed by atoms with van der Waals surface area (Å²) in [5.74, 6) is 0.0740. The van der Waals surface area contributed by atoms with Crippen LogP contribution in [0.1, 0.15) is 38.1 Å². The van der Waals surface area contributed by atoms with E-state index in [1.165, 1.54) is 18.2 Å². The number of pyridine rings is 3. The van der Waals surface area contributed by atoms with Gasteiger partial charge >= 0.3 is 0 Å². The van der Waals surface area contributed by atoms with E-state index < -0.39 is 15.9 Å². The fraction of sp³-hybridized carbons (Fsp3) is 0.304. The summed E-state index contributed by atoms with van der Waals surface area (Å²) in [5.41, 5.74) is 7.02. The minimum Gasteiger partial charge on any atom is -0.475 e. The van der Waals surface area contributed by atoms with Crippen molar-refractivity contribution in [3.8, 4) is 17.1 Å². The summed E-state index contributed by atoms with van der Waals surface area (Å²) in [6.07, 6.45) is 1.64. The smallest absolute Gasteiger partial charge is 0.281 e. The fourth-order valence-corrected chi connectivity index (χ4v) is 4.15. The lowest BCUT2D eigenvalue weighted by molar-refractivity contribution is 0.0981. The van der Waals surface area contributed by atoms with Crippen molar-refractivity contribution in [2.45, 2.75) is 38.8 Å². The van der Waals surface area contributed by atoms with Crippen molar-refractivity contribution < 1.29 is 17.9 Å². The van der Waals surface area contributed by atoms with Gasteiger partial charge in [-0.2, -0.15) is 8.42 Å². The number of anilines is 2. The first-order valence-corrected chi connectivity index (χ1v) is 12.3. The lowest BCUT2D eigenvalue weighted by Gasteiger charge is -2.23. The second-order valence-corrected chi connectivity index (χ2v) is 9.26. The van der Waals surface area contributed by atoms with Crippen LogP contribution in [0.2, 0.25) is 0 Å². The van der Waals surface area contributed by atoms with E-state index in [0.29, 0.717) is 30.5 Å². The van der Waals surface area contributed by atoms with E-state index in [4.69, 9.17) is 10.5 Å². The predicted octanol–water partition coefficient (Wildman–Crippen LogP) is 2.87. The first kappa shape index (κ1) is 24.9. The summed E-state index contributed by atoms with van der Waals surface area (Å²) < 4.78 is 33.0. The van der Waals surface area contributed by atoms with Gasteiger partial charge in [-0.25, -0.2) is 19.7 Å². The van der Waals surface area contributed by atoms with Crippen molar-refractivity contribution in [3.05, 3.63) is 54.2 Å². The monoisotopic (exact) mass is 484 g/mol. The number of rotatable bonds is 9. The highest BCUT2D eigenvalue weighted by atomic mass is 32.2. The molecule has 0 aromatic carbocycles. The zero-order chi connectivity index (χ0) is 24.9. The maximum atomic E-state index is 13.0. The van der Waals surface area contributed by atoms with Gasteiger partial charge in [0.2, 0.25) is 5.88 Å². The van der Waals surface area contributed by atoms with Crippen molar-refractivity contribution in [1.29, 1.82) is 0 Å². The predicted molar refractivity (Wildman–Crippen MR) is 130 cm³/mol. The molecule has 3 aromatic heterocycles. The number of nitrogens with two attached hydrogens (primary N) is 1. The molecule has 0 saturated heterocycles. The van der Waals surface area contributed by atoms with E-state index in [9.17, 15) is 13.2 Å². The normalized spacial score (nSPS) is 11.3. The van der Waals surface area contributed by atoms with Gasteiger partial charge in [0.25, 0.3) is 15.9 Å². The number of sulfonamides is 1. The Balaban J connectivity index is 1.96. The van der Waals surface area contributed by atoms with Crippen molar-refractivity contribution in [2.24, 2.45) is 0 Å². The molecule has 0 bridgehead atoms. The summed E-state index contributed by atoms with van der Waals surface area (Å²) in [6, 6.07) is 10.9. The Hall–Kier alpha value is -3.73. The molecule has 11 heteroatoms. The van der Waals surface area contributed by atoms with E-state index in [2.05, 4.69) is 19.7 Å². The van der Waals surface area contributed by atoms with Crippen LogP contribution in [0, 0.1) is 0 Å². The molecule has 34 heavy (non-hydrogen) atoms. The van der Waals surface area contributed by atoms with Gasteiger partial charge < -0.3 is 15.4 Å². The minimum absolute atomic E-state index is 0.00217. The standard InChI is InChI=1S/C23H28N6O4S/c1-5-29(6-2)22-17(23(30)28-34(31,32)21-9-7-8-19(24)27-21)11-12-18(26-22)16-10-13-20(25-14-16)33-15(3)4/h7-15H,5-6H2,1-4H3,(H2,24,27)(H,28,30). The third kappa shape index (κ3) is 5.79. The first-order chi connectivity index (χ1) is 16.1. The van der Waals surface area contributed by atoms with Crippen LogP contribution in [0.5, 0.6) is 5.88 Å². The molecular weight excluding hydrogens is 456 g/mol. The van der Waals surface area contributed by atoms with Crippen molar-refractivity contribution >= 4 is 27.6 Å². The van der Waals surface area contributed by atoms with Crippen LogP contribution < -0.4 is 20.1 Å². The van der Waals surface area contributed by atoms with E-state index in [1.807, 2.05) is 38.7 Å². The molecule has 10 nitrogen and oxygen atoms in total. The van der Waals surface area contributed by atoms with Crippen LogP contribution in [0.3, 0.4) is 0 Å². The number of carbonyl (C=O) groups is 1. The van der Waals surface area contributed by atoms with Gasteiger partial charge in [0, 0.05) is 30.9 Å². The first-order valence-electron chi connectivity index (χ1n) is 10.8. The highest BCUT2D eigenvalue weighted by Crippen LogP contribution is 2.26. The molecule has 0 unspecified atom stereocenters. The zero-order valence-electron chi connectivity index (χ0n) is 19.5. The van der Waals surface area contributed by atoms with Crippen LogP contribution in [0.25, 0.3) is 11.3 Å². The van der Waals surface area contributed by atoms with Crippen LogP contribution >= 0.6 is 0 Å². The molecule has 0 radical (unpaired) electrons. The van der Waals surface area contributed by atoms with Gasteiger partial charge in [0.1, 0.15) is 11.6 Å². The van der Waals surface area contributed by atoms with Crippen molar-refractivity contribution in [3.63, 3.8) is 0 Å². The number of nitrogens with one attached hydrogen (secondary N) is 1. The highest BCUT2D eigenvalue weighted by molar-refractivity contribution is 7.90. The zero-order valence-corrected chi connectivity index (χ0v) is 20.3. The molecule has 3 rings (SSSR count). The molecule has 0 aliphatic heterocycles. The summed E-state index contributed by atoms with van der Waals surface area (Å²) in [5, 5.41) is -0.343. The van der Waals surface area contributed by atoms with E-state index in [-0.39, 0.29) is 22.5 Å². The molecule has 0 aliphatic rings. The van der Waals surface area contributed by atoms with Gasteiger partial charge in [-0.1, -0.05) is 6.07 Å². The number of aromatic nitrogens is 3. The highest BCUT2D eigenvalue weighted by Gasteiger charge is 2.24. The molecule has 0 aliphatic carbocycles. The molecule has 3 heterocycles. The van der Waals surface area contributed by atoms with Crippen LogP contribution in [0.4, 0.5) is 11.6 Å². The lowest BCUT2D eigenvalue weighted by Crippen LogP contribution is -2.34. The summed E-state index contributed by atoms with van der Waals surface area (Å²) in [7, 11) is -4.22. The molecule has 180 valence electrons. The van der Waals surface area contributed by atoms with Gasteiger partial charge in [0.15, 0.2) is 5.03 Å². The molecule has 3 aromatic rings. The molecule has 0 spiro atoms. The van der Waals surface area contributed by atoms with Gasteiger partial charge in [-0.3, -0.25) is 4.79 Å². The Morgan fingerprint density at radius 2 is 1.82 bits per heavy atom. The van der Waals surface area contributed by atoms with Gasteiger partial charge in [0.05, 0.1) is 17.4 Å². The Labute approximate surface area is 199 Å². The number of carbonyl (C=O) groups excluding carboxylic acids is 1. The summed E-state index contributed by atoms with van der Waals surface area (Å²) in [4.78, 5) is 27.7. The summed E-state index contributed by atoms with van der Waals surface area (Å²) in [6.45, 7) is 8.81. The Morgan fingerprint density at radius 3 is 2.41 bits per heavy atom. The van der Waals surface area contributed by atoms with Crippen molar-refractivity contribution in [1.82, 2.24) is 19.7 Å². The SMILES string of the molecule is CCN(CC)c1nc(-c2ccc(OC(C)C)nc2)ccc1C(=O)NS(=O)(=O)c1cccc(N)n1. The van der Waals surface area contributed by atoms with E-state index in [1.54, 1.807) is 24.4 Å². The number of amides is 1. The van der Waals surface area contributed by atoms with E-state index >= 15 is 0 Å². The Kier molecular flexibility index (Phi) is 7.67. The molecule has 1 amide bonds. The molecule has 3 N–H and O–H groups in total. The molecule has 0 atom stereocenters. The van der Waals surface area contributed by atoms with Gasteiger partial charge in [-0.15, -0.1) is 0 Å². The number of hydrogen-bond acceptors (Lipinski definition) is 9. The van der Waals surface area contributed by atoms with E-state index in [0.717, 1.165) is 5.56 Å². The lowest BCUT2D eigenvalue weighted by atomic mass is 10.1. The molecule has 0 fully saturated rings. The minimum atomic E-state index is -4.22. The number of hydrogen-bond donors (Lipinski definition) is 2. The quantitative estimate of drug-likeness (QED) is 0.469. The Bertz CT molecular complexity index is 1260. The average Bonchev–Trinajstić information content (AvgIpc) is 2.79. The number of nitrogen functional groups attached to an aromatic ring is 1. The van der Waals surface area contributed by atoms with Crippen molar-refractivity contribution in [2.75, 3.05) is 23.7 Å². The maximum Gasteiger partial charge on any atom is 0.281 e. The Morgan fingerprint density at radius 1 is 1.09 bits per heavy atom. The third-order valence-electron chi connectivity index (χ3n) is 4.82. The average molecular weight is 485 g/mol.